The maximum Gasteiger partial charge on any atom is 0.0214 e. The van der Waals surface area contributed by atoms with E-state index in [-0.39, 0.29) is 0 Å². The molecule has 0 aliphatic rings. The van der Waals surface area contributed by atoms with Crippen molar-refractivity contribution in [1.29, 1.82) is 0 Å². The summed E-state index contributed by atoms with van der Waals surface area (Å²) in [6.45, 7) is 4.04. The molecule has 1 unspecified atom stereocenters. The van der Waals surface area contributed by atoms with Crippen LogP contribution in [-0.2, 0) is 6.42 Å². The van der Waals surface area contributed by atoms with Crippen molar-refractivity contribution in [1.82, 2.24) is 0 Å². The predicted molar refractivity (Wildman–Crippen MR) is 60.5 cm³/mol. The Bertz CT molecular complexity index is 330. The molecular weight excluding hydrogens is 224 g/mol. The number of hydrogen-bond acceptors (Lipinski definition) is 0. The first-order chi connectivity index (χ1) is 6.22. The van der Waals surface area contributed by atoms with Gasteiger partial charge < -0.3 is 0 Å². The molecule has 0 fully saturated rings. The molecule has 0 spiro atoms. The van der Waals surface area contributed by atoms with Gasteiger partial charge in [0.05, 0.1) is 0 Å². The molecular formula is C12H13Br. The van der Waals surface area contributed by atoms with E-state index in [0.29, 0.717) is 5.92 Å². The molecule has 1 atom stereocenters. The maximum absolute atomic E-state index is 3.46. The van der Waals surface area contributed by atoms with Gasteiger partial charge in [0.2, 0.25) is 0 Å². The lowest BCUT2D eigenvalue weighted by Gasteiger charge is -2.04. The Hall–Kier alpha value is -0.740. The molecule has 0 amide bonds. The third-order valence-corrected chi connectivity index (χ3v) is 2.31. The van der Waals surface area contributed by atoms with Gasteiger partial charge >= 0.3 is 0 Å². The highest BCUT2D eigenvalue weighted by molar-refractivity contribution is 9.10. The van der Waals surface area contributed by atoms with Gasteiger partial charge in [0.15, 0.2) is 0 Å². The zero-order valence-electron chi connectivity index (χ0n) is 7.97. The van der Waals surface area contributed by atoms with Gasteiger partial charge in [0.1, 0.15) is 0 Å². The second-order valence-corrected chi connectivity index (χ2v) is 4.05. The highest BCUT2D eigenvalue weighted by atomic mass is 79.9. The van der Waals surface area contributed by atoms with E-state index in [1.807, 2.05) is 13.0 Å². The van der Waals surface area contributed by atoms with Crippen LogP contribution < -0.4 is 0 Å². The Labute approximate surface area is 88.5 Å². The van der Waals surface area contributed by atoms with E-state index < -0.39 is 0 Å². The summed E-state index contributed by atoms with van der Waals surface area (Å²) in [5.74, 6) is 6.53. The molecule has 0 N–H and O–H groups in total. The third kappa shape index (κ3) is 3.65. The molecule has 0 aliphatic carbocycles. The van der Waals surface area contributed by atoms with Crippen molar-refractivity contribution < 1.29 is 0 Å². The van der Waals surface area contributed by atoms with E-state index >= 15 is 0 Å². The van der Waals surface area contributed by atoms with Gasteiger partial charge in [0, 0.05) is 10.4 Å². The standard InChI is InChI=1S/C12H13Br/c1-3-5-10(2)8-11-6-4-7-12(13)9-11/h4,6-7,9-10H,8H2,1-2H3. The normalized spacial score (nSPS) is 11.6. The number of benzene rings is 1. The first kappa shape index (κ1) is 10.3. The number of halogens is 1. The summed E-state index contributed by atoms with van der Waals surface area (Å²) in [5, 5.41) is 0. The highest BCUT2D eigenvalue weighted by Gasteiger charge is 1.99. The molecule has 1 rings (SSSR count). The van der Waals surface area contributed by atoms with Crippen molar-refractivity contribution in [2.24, 2.45) is 5.92 Å². The first-order valence-electron chi connectivity index (χ1n) is 4.39. The molecule has 13 heavy (non-hydrogen) atoms. The van der Waals surface area contributed by atoms with Crippen LogP contribution in [0.15, 0.2) is 28.7 Å². The van der Waals surface area contributed by atoms with Gasteiger partial charge in [0.25, 0.3) is 0 Å². The lowest BCUT2D eigenvalue weighted by molar-refractivity contribution is 0.750. The minimum absolute atomic E-state index is 0.444. The summed E-state index contributed by atoms with van der Waals surface area (Å²) in [7, 11) is 0. The summed E-state index contributed by atoms with van der Waals surface area (Å²) in [6.07, 6.45) is 1.03. The van der Waals surface area contributed by atoms with Gasteiger partial charge in [-0.3, -0.25) is 0 Å². The molecule has 0 heterocycles. The van der Waals surface area contributed by atoms with Gasteiger partial charge in [-0.2, -0.15) is 0 Å². The van der Waals surface area contributed by atoms with Gasteiger partial charge in [-0.1, -0.05) is 35.0 Å². The van der Waals surface area contributed by atoms with Crippen molar-refractivity contribution in [3.8, 4) is 11.8 Å². The Kier molecular flexibility index (Phi) is 4.05. The van der Waals surface area contributed by atoms with Crippen LogP contribution in [0.5, 0.6) is 0 Å². The molecule has 68 valence electrons. The average Bonchev–Trinajstić information content (AvgIpc) is 2.04. The molecule has 0 aromatic heterocycles. The van der Waals surface area contributed by atoms with Crippen molar-refractivity contribution in [3.05, 3.63) is 34.3 Å². The summed E-state index contributed by atoms with van der Waals surface area (Å²) in [4.78, 5) is 0. The Morgan fingerprint density at radius 1 is 1.46 bits per heavy atom. The van der Waals surface area contributed by atoms with Crippen LogP contribution in [0, 0.1) is 17.8 Å². The van der Waals surface area contributed by atoms with E-state index in [9.17, 15) is 0 Å². The zero-order valence-corrected chi connectivity index (χ0v) is 9.56. The molecule has 0 radical (unpaired) electrons. The summed E-state index contributed by atoms with van der Waals surface area (Å²) in [5.41, 5.74) is 1.34. The van der Waals surface area contributed by atoms with Crippen LogP contribution in [0.4, 0.5) is 0 Å². The molecule has 1 heteroatoms. The quantitative estimate of drug-likeness (QED) is 0.688. The fourth-order valence-electron chi connectivity index (χ4n) is 1.31. The van der Waals surface area contributed by atoms with E-state index in [1.165, 1.54) is 5.56 Å². The van der Waals surface area contributed by atoms with Gasteiger partial charge in [-0.05, 0) is 31.0 Å². The monoisotopic (exact) mass is 236 g/mol. The second-order valence-electron chi connectivity index (χ2n) is 3.13. The predicted octanol–water partition coefficient (Wildman–Crippen LogP) is 3.65. The average molecular weight is 237 g/mol. The summed E-state index contributed by atoms with van der Waals surface area (Å²) >= 11 is 3.46. The Morgan fingerprint density at radius 2 is 2.23 bits per heavy atom. The van der Waals surface area contributed by atoms with E-state index in [1.54, 1.807) is 0 Å². The highest BCUT2D eigenvalue weighted by Crippen LogP contribution is 2.14. The van der Waals surface area contributed by atoms with Crippen molar-refractivity contribution in [3.63, 3.8) is 0 Å². The largest absolute Gasteiger partial charge is 0.106 e. The first-order valence-corrected chi connectivity index (χ1v) is 5.18. The smallest absolute Gasteiger partial charge is 0.0214 e. The van der Waals surface area contributed by atoms with Crippen LogP contribution in [0.25, 0.3) is 0 Å². The molecule has 0 aliphatic heterocycles. The van der Waals surface area contributed by atoms with Crippen molar-refractivity contribution >= 4 is 15.9 Å². The van der Waals surface area contributed by atoms with Gasteiger partial charge in [-0.25, -0.2) is 0 Å². The second kappa shape index (κ2) is 5.09. The minimum Gasteiger partial charge on any atom is -0.106 e. The molecule has 0 saturated heterocycles. The topological polar surface area (TPSA) is 0 Å². The Balaban J connectivity index is 2.67. The summed E-state index contributed by atoms with van der Waals surface area (Å²) < 4.78 is 1.14. The van der Waals surface area contributed by atoms with Crippen LogP contribution in [-0.4, -0.2) is 0 Å². The van der Waals surface area contributed by atoms with Gasteiger partial charge in [-0.15, -0.1) is 11.8 Å². The zero-order chi connectivity index (χ0) is 9.68. The molecule has 0 nitrogen and oxygen atoms in total. The molecule has 0 saturated carbocycles. The van der Waals surface area contributed by atoms with E-state index in [0.717, 1.165) is 10.9 Å². The molecule has 1 aromatic carbocycles. The fraction of sp³-hybridized carbons (Fsp3) is 0.333. The number of rotatable bonds is 2. The lowest BCUT2D eigenvalue weighted by Crippen LogP contribution is -1.95. The molecule has 0 bridgehead atoms. The third-order valence-electron chi connectivity index (χ3n) is 1.82. The summed E-state index contributed by atoms with van der Waals surface area (Å²) in [6, 6.07) is 8.39. The van der Waals surface area contributed by atoms with Crippen LogP contribution >= 0.6 is 15.9 Å². The minimum atomic E-state index is 0.444. The van der Waals surface area contributed by atoms with E-state index in [2.05, 4.69) is 52.9 Å². The van der Waals surface area contributed by atoms with Crippen molar-refractivity contribution in [2.75, 3.05) is 0 Å². The van der Waals surface area contributed by atoms with Crippen LogP contribution in [0.3, 0.4) is 0 Å². The van der Waals surface area contributed by atoms with E-state index in [4.69, 9.17) is 0 Å². The fourth-order valence-corrected chi connectivity index (χ4v) is 1.76. The Morgan fingerprint density at radius 3 is 2.85 bits per heavy atom. The SMILES string of the molecule is CC#CC(C)Cc1cccc(Br)c1. The number of hydrogen-bond donors (Lipinski definition) is 0. The molecule has 1 aromatic rings. The maximum atomic E-state index is 3.46. The lowest BCUT2D eigenvalue weighted by atomic mass is 10.0. The van der Waals surface area contributed by atoms with Crippen LogP contribution in [0.1, 0.15) is 19.4 Å². The van der Waals surface area contributed by atoms with Crippen molar-refractivity contribution in [2.45, 2.75) is 20.3 Å². The van der Waals surface area contributed by atoms with Crippen LogP contribution in [0.2, 0.25) is 0 Å².